The second kappa shape index (κ2) is 5.74. The van der Waals surface area contributed by atoms with Crippen LogP contribution in [0.3, 0.4) is 0 Å². The molecule has 0 atom stereocenters. The second-order valence-electron chi connectivity index (χ2n) is 4.63. The smallest absolute Gasteiger partial charge is 0.154 e. The Balaban J connectivity index is 2.73. The van der Waals surface area contributed by atoms with Crippen LogP contribution in [0.1, 0.15) is 25.8 Å². The highest BCUT2D eigenvalue weighted by Crippen LogP contribution is 2.21. The molecule has 0 spiro atoms. The van der Waals surface area contributed by atoms with Gasteiger partial charge in [0, 0.05) is 0 Å². The molecule has 0 unspecified atom stereocenters. The first-order valence-electron chi connectivity index (χ1n) is 5.54. The third-order valence-corrected chi connectivity index (χ3v) is 4.43. The number of halogens is 1. The molecule has 96 valence electrons. The summed E-state index contributed by atoms with van der Waals surface area (Å²) in [7, 11) is -3.06. The number of nitrogen functional groups attached to an aromatic ring is 1. The molecule has 0 aliphatic carbocycles. The van der Waals surface area contributed by atoms with E-state index in [1.54, 1.807) is 18.2 Å². The predicted octanol–water partition coefficient (Wildman–Crippen LogP) is 2.88. The maximum Gasteiger partial charge on any atom is 0.154 e. The first kappa shape index (κ1) is 14.3. The number of sulfone groups is 1. The van der Waals surface area contributed by atoms with Gasteiger partial charge >= 0.3 is 0 Å². The molecule has 0 aliphatic rings. The van der Waals surface area contributed by atoms with Gasteiger partial charge in [0.2, 0.25) is 0 Å². The third kappa shape index (κ3) is 4.96. The summed E-state index contributed by atoms with van der Waals surface area (Å²) in [6.07, 6.45) is 0.686. The standard InChI is InChI=1S/C12H18ClNO2S/c1-9(2)5-6-17(15,16)8-10-3-4-11(13)12(14)7-10/h3-4,7,9H,5-6,8,14H2,1-2H3. The zero-order valence-corrected chi connectivity index (χ0v) is 11.7. The molecule has 2 N–H and O–H groups in total. The minimum Gasteiger partial charge on any atom is -0.398 e. The molecule has 3 nitrogen and oxygen atoms in total. The maximum absolute atomic E-state index is 11.8. The largest absolute Gasteiger partial charge is 0.398 e. The first-order valence-corrected chi connectivity index (χ1v) is 7.74. The fourth-order valence-corrected chi connectivity index (χ4v) is 3.20. The van der Waals surface area contributed by atoms with Gasteiger partial charge < -0.3 is 5.73 Å². The Hall–Kier alpha value is -0.740. The van der Waals surface area contributed by atoms with E-state index < -0.39 is 9.84 Å². The molecule has 1 aromatic carbocycles. The number of anilines is 1. The van der Waals surface area contributed by atoms with Crippen molar-refractivity contribution in [3.05, 3.63) is 28.8 Å². The van der Waals surface area contributed by atoms with E-state index in [1.807, 2.05) is 13.8 Å². The van der Waals surface area contributed by atoms with Gasteiger partial charge in [0.25, 0.3) is 0 Å². The van der Waals surface area contributed by atoms with Crippen molar-refractivity contribution in [2.45, 2.75) is 26.0 Å². The zero-order chi connectivity index (χ0) is 13.1. The third-order valence-electron chi connectivity index (χ3n) is 2.45. The summed E-state index contributed by atoms with van der Waals surface area (Å²) in [6.45, 7) is 4.02. The molecule has 0 aliphatic heterocycles. The van der Waals surface area contributed by atoms with Crippen molar-refractivity contribution < 1.29 is 8.42 Å². The Labute approximate surface area is 108 Å². The molecule has 0 bridgehead atoms. The summed E-state index contributed by atoms with van der Waals surface area (Å²) in [4.78, 5) is 0. The van der Waals surface area contributed by atoms with Gasteiger partial charge in [-0.2, -0.15) is 0 Å². The Kier molecular flexibility index (Phi) is 4.83. The van der Waals surface area contributed by atoms with Crippen molar-refractivity contribution in [2.24, 2.45) is 5.92 Å². The highest BCUT2D eigenvalue weighted by molar-refractivity contribution is 7.90. The average Bonchev–Trinajstić information content (AvgIpc) is 2.21. The molecule has 0 heterocycles. The van der Waals surface area contributed by atoms with Crippen LogP contribution in [0.5, 0.6) is 0 Å². The van der Waals surface area contributed by atoms with E-state index >= 15 is 0 Å². The number of benzene rings is 1. The van der Waals surface area contributed by atoms with E-state index in [0.717, 1.165) is 0 Å². The Bertz CT molecular complexity index is 483. The van der Waals surface area contributed by atoms with Gasteiger partial charge in [0.05, 0.1) is 22.2 Å². The first-order chi connectivity index (χ1) is 7.80. The second-order valence-corrected chi connectivity index (χ2v) is 7.22. The Morgan fingerprint density at radius 2 is 2.00 bits per heavy atom. The summed E-state index contributed by atoms with van der Waals surface area (Å²) < 4.78 is 23.7. The molecular weight excluding hydrogens is 258 g/mol. The Morgan fingerprint density at radius 3 is 2.53 bits per heavy atom. The van der Waals surface area contributed by atoms with Gasteiger partial charge in [-0.25, -0.2) is 8.42 Å². The van der Waals surface area contributed by atoms with Crippen LogP contribution >= 0.6 is 11.6 Å². The van der Waals surface area contributed by atoms with E-state index in [-0.39, 0.29) is 11.5 Å². The monoisotopic (exact) mass is 275 g/mol. The molecule has 1 aromatic rings. The van der Waals surface area contributed by atoms with Gasteiger partial charge in [0.15, 0.2) is 9.84 Å². The average molecular weight is 276 g/mol. The number of rotatable bonds is 5. The molecular formula is C12H18ClNO2S. The normalized spacial score (nSPS) is 12.0. The fourth-order valence-electron chi connectivity index (χ4n) is 1.42. The lowest BCUT2D eigenvalue weighted by molar-refractivity contribution is 0.573. The van der Waals surface area contributed by atoms with E-state index in [1.165, 1.54) is 0 Å². The summed E-state index contributed by atoms with van der Waals surface area (Å²) in [5.74, 6) is 0.633. The van der Waals surface area contributed by atoms with E-state index in [2.05, 4.69) is 0 Å². The molecule has 0 fully saturated rings. The minimum absolute atomic E-state index is 0.0289. The lowest BCUT2D eigenvalue weighted by Crippen LogP contribution is -2.11. The van der Waals surface area contributed by atoms with E-state index in [0.29, 0.717) is 28.6 Å². The summed E-state index contributed by atoms with van der Waals surface area (Å²) in [5, 5.41) is 0.452. The molecule has 0 radical (unpaired) electrons. The van der Waals surface area contributed by atoms with E-state index in [4.69, 9.17) is 17.3 Å². The van der Waals surface area contributed by atoms with Crippen LogP contribution in [0, 0.1) is 5.92 Å². The molecule has 17 heavy (non-hydrogen) atoms. The molecule has 0 saturated heterocycles. The van der Waals surface area contributed by atoms with Crippen LogP contribution < -0.4 is 5.73 Å². The molecule has 0 amide bonds. The van der Waals surface area contributed by atoms with Crippen molar-refractivity contribution >= 4 is 27.1 Å². The lowest BCUT2D eigenvalue weighted by Gasteiger charge is -2.07. The fraction of sp³-hybridized carbons (Fsp3) is 0.500. The highest BCUT2D eigenvalue weighted by atomic mass is 35.5. The summed E-state index contributed by atoms with van der Waals surface area (Å²) >= 11 is 5.78. The summed E-state index contributed by atoms with van der Waals surface area (Å²) in [5.41, 5.74) is 6.74. The van der Waals surface area contributed by atoms with Gasteiger partial charge in [0.1, 0.15) is 0 Å². The van der Waals surface area contributed by atoms with Crippen molar-refractivity contribution in [2.75, 3.05) is 11.5 Å². The molecule has 1 rings (SSSR count). The zero-order valence-electron chi connectivity index (χ0n) is 10.1. The van der Waals surface area contributed by atoms with Gasteiger partial charge in [-0.05, 0) is 30.0 Å². The number of nitrogens with two attached hydrogens (primary N) is 1. The number of hydrogen-bond acceptors (Lipinski definition) is 3. The van der Waals surface area contributed by atoms with Crippen LogP contribution in [-0.4, -0.2) is 14.2 Å². The van der Waals surface area contributed by atoms with Crippen LogP contribution in [0.2, 0.25) is 5.02 Å². The quantitative estimate of drug-likeness (QED) is 0.841. The van der Waals surface area contributed by atoms with Crippen molar-refractivity contribution in [3.8, 4) is 0 Å². The topological polar surface area (TPSA) is 60.2 Å². The lowest BCUT2D eigenvalue weighted by atomic mass is 10.2. The van der Waals surface area contributed by atoms with Crippen LogP contribution in [-0.2, 0) is 15.6 Å². The molecule has 0 aromatic heterocycles. The molecule has 5 heteroatoms. The highest BCUT2D eigenvalue weighted by Gasteiger charge is 2.13. The summed E-state index contributed by atoms with van der Waals surface area (Å²) in [6, 6.07) is 4.95. The van der Waals surface area contributed by atoms with Crippen LogP contribution in [0.15, 0.2) is 18.2 Å². The van der Waals surface area contributed by atoms with Gasteiger partial charge in [-0.3, -0.25) is 0 Å². The van der Waals surface area contributed by atoms with Crippen LogP contribution in [0.25, 0.3) is 0 Å². The van der Waals surface area contributed by atoms with Crippen molar-refractivity contribution in [1.82, 2.24) is 0 Å². The predicted molar refractivity (Wildman–Crippen MR) is 72.8 cm³/mol. The van der Waals surface area contributed by atoms with Crippen molar-refractivity contribution in [3.63, 3.8) is 0 Å². The SMILES string of the molecule is CC(C)CCS(=O)(=O)Cc1ccc(Cl)c(N)c1. The molecule has 0 saturated carbocycles. The van der Waals surface area contributed by atoms with E-state index in [9.17, 15) is 8.42 Å². The number of hydrogen-bond donors (Lipinski definition) is 1. The Morgan fingerprint density at radius 1 is 1.35 bits per heavy atom. The maximum atomic E-state index is 11.8. The van der Waals surface area contributed by atoms with Crippen molar-refractivity contribution in [1.29, 1.82) is 0 Å². The van der Waals surface area contributed by atoms with Gasteiger partial charge in [-0.1, -0.05) is 31.5 Å². The minimum atomic E-state index is -3.06. The van der Waals surface area contributed by atoms with Crippen LogP contribution in [0.4, 0.5) is 5.69 Å². The van der Waals surface area contributed by atoms with Gasteiger partial charge in [-0.15, -0.1) is 0 Å².